The second kappa shape index (κ2) is 6.84. The van der Waals surface area contributed by atoms with E-state index in [1.54, 1.807) is 25.1 Å². The molecule has 0 amide bonds. The van der Waals surface area contributed by atoms with E-state index in [2.05, 4.69) is 0 Å². The molecule has 0 spiro atoms. The summed E-state index contributed by atoms with van der Waals surface area (Å²) in [5, 5.41) is -0.416. The van der Waals surface area contributed by atoms with Crippen LogP contribution in [0.3, 0.4) is 0 Å². The maximum atomic E-state index is 12.6. The number of methoxy groups -OCH3 is 1. The Morgan fingerprint density at radius 2 is 1.58 bits per heavy atom. The second-order valence-electron chi connectivity index (χ2n) is 6.08. The molecular weight excluding hydrogens is 398 g/mol. The van der Waals surface area contributed by atoms with Crippen LogP contribution in [0, 0.1) is 6.92 Å². The summed E-state index contributed by atoms with van der Waals surface area (Å²) >= 11 is 6.00. The van der Waals surface area contributed by atoms with Crippen LogP contribution in [0.15, 0.2) is 52.3 Å². The van der Waals surface area contributed by atoms with Crippen LogP contribution >= 0.6 is 11.6 Å². The lowest BCUT2D eigenvalue weighted by Crippen LogP contribution is -2.56. The summed E-state index contributed by atoms with van der Waals surface area (Å²) in [5.41, 5.74) is 0.772. The van der Waals surface area contributed by atoms with Crippen molar-refractivity contribution < 1.29 is 21.6 Å². The van der Waals surface area contributed by atoms with E-state index >= 15 is 0 Å². The monoisotopic (exact) mass is 415 g/mol. The molecule has 1 aliphatic rings. The lowest BCUT2D eigenvalue weighted by Gasteiger charge is -2.37. The SMILES string of the molecule is COc1ccc(S(=O)(=O)C2CN(S(=O)(=O)c3ccc(C)c(Cl)c3)C2)cc1. The molecule has 0 aliphatic carbocycles. The molecule has 1 fully saturated rings. The molecule has 2 aromatic carbocycles. The van der Waals surface area contributed by atoms with Gasteiger partial charge >= 0.3 is 0 Å². The minimum absolute atomic E-state index is 0.0633. The van der Waals surface area contributed by atoms with E-state index < -0.39 is 25.1 Å². The van der Waals surface area contributed by atoms with Crippen LogP contribution in [-0.2, 0) is 19.9 Å². The van der Waals surface area contributed by atoms with Gasteiger partial charge in [0.15, 0.2) is 9.84 Å². The number of ether oxygens (including phenoxy) is 1. The number of halogens is 1. The Morgan fingerprint density at radius 3 is 2.12 bits per heavy atom. The quantitative estimate of drug-likeness (QED) is 0.749. The fourth-order valence-electron chi connectivity index (χ4n) is 2.63. The number of aryl methyl sites for hydroxylation is 1. The Bertz CT molecular complexity index is 1030. The predicted molar refractivity (Wildman–Crippen MR) is 98.9 cm³/mol. The van der Waals surface area contributed by atoms with Crippen molar-refractivity contribution in [2.45, 2.75) is 22.0 Å². The van der Waals surface area contributed by atoms with E-state index in [-0.39, 0.29) is 22.9 Å². The van der Waals surface area contributed by atoms with Gasteiger partial charge in [0.2, 0.25) is 10.0 Å². The minimum atomic E-state index is -3.76. The van der Waals surface area contributed by atoms with Gasteiger partial charge in [-0.15, -0.1) is 0 Å². The van der Waals surface area contributed by atoms with E-state index in [1.165, 1.54) is 31.4 Å². The molecule has 0 N–H and O–H groups in total. The lowest BCUT2D eigenvalue weighted by atomic mass is 10.2. The van der Waals surface area contributed by atoms with Crippen LogP contribution in [0.1, 0.15) is 5.56 Å². The standard InChI is InChI=1S/C17H18ClNO5S2/c1-12-3-6-15(9-17(12)18)26(22,23)19-10-16(11-19)25(20,21)14-7-4-13(24-2)5-8-14/h3-9,16H,10-11H2,1-2H3. The van der Waals surface area contributed by atoms with E-state index in [0.29, 0.717) is 10.8 Å². The zero-order valence-electron chi connectivity index (χ0n) is 14.2. The van der Waals surface area contributed by atoms with Gasteiger partial charge in [-0.3, -0.25) is 0 Å². The highest BCUT2D eigenvalue weighted by Gasteiger charge is 2.44. The number of hydrogen-bond donors (Lipinski definition) is 0. The van der Waals surface area contributed by atoms with Crippen molar-refractivity contribution in [3.05, 3.63) is 53.1 Å². The summed E-state index contributed by atoms with van der Waals surface area (Å²) < 4.78 is 56.7. The first-order valence-corrected chi connectivity index (χ1v) is 11.2. The molecule has 0 atom stereocenters. The Labute approximate surface area is 158 Å². The van der Waals surface area contributed by atoms with E-state index in [0.717, 1.165) is 9.87 Å². The van der Waals surface area contributed by atoms with Crippen LogP contribution in [0.25, 0.3) is 0 Å². The third-order valence-electron chi connectivity index (χ3n) is 4.42. The summed E-state index contributed by atoms with van der Waals surface area (Å²) in [7, 11) is -5.87. The highest BCUT2D eigenvalue weighted by molar-refractivity contribution is 7.92. The van der Waals surface area contributed by atoms with Crippen molar-refractivity contribution in [3.8, 4) is 5.75 Å². The van der Waals surface area contributed by atoms with Gasteiger partial charge in [0.25, 0.3) is 0 Å². The van der Waals surface area contributed by atoms with E-state index in [9.17, 15) is 16.8 Å². The molecular formula is C17H18ClNO5S2. The Hall–Kier alpha value is -1.61. The van der Waals surface area contributed by atoms with Crippen molar-refractivity contribution in [1.29, 1.82) is 0 Å². The van der Waals surface area contributed by atoms with Crippen molar-refractivity contribution in [2.75, 3.05) is 20.2 Å². The maximum Gasteiger partial charge on any atom is 0.243 e. The molecule has 1 heterocycles. The van der Waals surface area contributed by atoms with Crippen LogP contribution in [-0.4, -0.2) is 46.6 Å². The lowest BCUT2D eigenvalue weighted by molar-refractivity contribution is 0.309. The summed E-state index contributed by atoms with van der Waals surface area (Å²) in [4.78, 5) is 0.215. The Morgan fingerprint density at radius 1 is 1.00 bits per heavy atom. The zero-order chi connectivity index (χ0) is 19.1. The topological polar surface area (TPSA) is 80.8 Å². The van der Waals surface area contributed by atoms with Gasteiger partial charge < -0.3 is 4.74 Å². The van der Waals surface area contributed by atoms with Crippen molar-refractivity contribution in [1.82, 2.24) is 4.31 Å². The summed E-state index contributed by atoms with van der Waals surface area (Å²) in [5.74, 6) is 0.554. The maximum absolute atomic E-state index is 12.6. The second-order valence-corrected chi connectivity index (χ2v) is 10.6. The average molecular weight is 416 g/mol. The molecule has 9 heteroatoms. The molecule has 0 bridgehead atoms. The summed E-state index contributed by atoms with van der Waals surface area (Å²) in [6.45, 7) is 1.62. The van der Waals surface area contributed by atoms with Gasteiger partial charge in [-0.25, -0.2) is 16.8 Å². The van der Waals surface area contributed by atoms with Gasteiger partial charge in [-0.1, -0.05) is 17.7 Å². The molecule has 1 aliphatic heterocycles. The fraction of sp³-hybridized carbons (Fsp3) is 0.294. The third kappa shape index (κ3) is 3.34. The minimum Gasteiger partial charge on any atom is -0.497 e. The highest BCUT2D eigenvalue weighted by atomic mass is 35.5. The van der Waals surface area contributed by atoms with Crippen LogP contribution in [0.2, 0.25) is 5.02 Å². The van der Waals surface area contributed by atoms with E-state index in [4.69, 9.17) is 16.3 Å². The van der Waals surface area contributed by atoms with Crippen LogP contribution in [0.5, 0.6) is 5.75 Å². The van der Waals surface area contributed by atoms with Crippen molar-refractivity contribution in [3.63, 3.8) is 0 Å². The largest absolute Gasteiger partial charge is 0.497 e. The first-order valence-electron chi connectivity index (χ1n) is 7.80. The molecule has 0 saturated carbocycles. The van der Waals surface area contributed by atoms with Gasteiger partial charge in [-0.05, 0) is 48.9 Å². The highest BCUT2D eigenvalue weighted by Crippen LogP contribution is 2.30. The molecule has 6 nitrogen and oxygen atoms in total. The summed E-state index contributed by atoms with van der Waals surface area (Å²) in [6, 6.07) is 10.5. The first-order chi connectivity index (χ1) is 12.2. The summed E-state index contributed by atoms with van der Waals surface area (Å²) in [6.07, 6.45) is 0. The molecule has 3 rings (SSSR count). The molecule has 26 heavy (non-hydrogen) atoms. The van der Waals surface area contributed by atoms with Crippen LogP contribution in [0.4, 0.5) is 0 Å². The average Bonchev–Trinajstić information content (AvgIpc) is 2.55. The molecule has 140 valence electrons. The molecule has 2 aromatic rings. The van der Waals surface area contributed by atoms with Crippen molar-refractivity contribution >= 4 is 31.5 Å². The number of sulfone groups is 1. The molecule has 0 radical (unpaired) electrons. The molecule has 0 aromatic heterocycles. The first kappa shape index (κ1) is 19.2. The normalized spacial score (nSPS) is 16.3. The van der Waals surface area contributed by atoms with Crippen molar-refractivity contribution in [2.24, 2.45) is 0 Å². The van der Waals surface area contributed by atoms with Gasteiger partial charge in [-0.2, -0.15) is 4.31 Å². The molecule has 1 saturated heterocycles. The fourth-order valence-corrected chi connectivity index (χ4v) is 6.28. The number of hydrogen-bond acceptors (Lipinski definition) is 5. The van der Waals surface area contributed by atoms with Gasteiger partial charge in [0, 0.05) is 18.1 Å². The molecule has 0 unspecified atom stereocenters. The van der Waals surface area contributed by atoms with Crippen LogP contribution < -0.4 is 4.74 Å². The number of nitrogens with zero attached hydrogens (tertiary/aromatic N) is 1. The van der Waals surface area contributed by atoms with Gasteiger partial charge in [0.05, 0.1) is 22.2 Å². The zero-order valence-corrected chi connectivity index (χ0v) is 16.6. The number of benzene rings is 2. The van der Waals surface area contributed by atoms with Gasteiger partial charge in [0.1, 0.15) is 5.75 Å². The Kier molecular flexibility index (Phi) is 5.04. The predicted octanol–water partition coefficient (Wildman–Crippen LogP) is 2.50. The number of rotatable bonds is 5. The number of sulfonamides is 1. The third-order valence-corrected chi connectivity index (χ3v) is 8.76. The Balaban J connectivity index is 1.77. The van der Waals surface area contributed by atoms with E-state index in [1.807, 2.05) is 0 Å². The smallest absolute Gasteiger partial charge is 0.243 e.